The summed E-state index contributed by atoms with van der Waals surface area (Å²) in [7, 11) is 0. The molecule has 8 heteroatoms. The van der Waals surface area contributed by atoms with Crippen LogP contribution in [0, 0.1) is 0 Å². The van der Waals surface area contributed by atoms with Crippen molar-refractivity contribution >= 4 is 12.4 Å². The molecule has 1 aromatic heterocycles. The summed E-state index contributed by atoms with van der Waals surface area (Å²) in [6.07, 6.45) is -2.57. The zero-order chi connectivity index (χ0) is 21.3. The monoisotopic (exact) mass is 452 g/mol. The first-order valence-corrected chi connectivity index (χ1v) is 9.93. The smallest absolute Gasteiger partial charge is 0.416 e. The largest absolute Gasteiger partial charge is 0.490 e. The number of nitrogens with zero attached hydrogens (tertiary/aromatic N) is 1. The summed E-state index contributed by atoms with van der Waals surface area (Å²) in [5.41, 5.74) is 2.09. The molecule has 4 rings (SSSR count). The van der Waals surface area contributed by atoms with Gasteiger partial charge < -0.3 is 19.4 Å². The zero-order valence-corrected chi connectivity index (χ0v) is 18.0. The molecule has 0 saturated heterocycles. The number of hydrogen-bond donors (Lipinski definition) is 1. The van der Waals surface area contributed by atoms with E-state index in [1.54, 1.807) is 6.07 Å². The van der Waals surface area contributed by atoms with E-state index in [9.17, 15) is 13.2 Å². The van der Waals surface area contributed by atoms with E-state index in [2.05, 4.69) is 5.32 Å². The highest BCUT2D eigenvalue weighted by atomic mass is 35.5. The van der Waals surface area contributed by atoms with Gasteiger partial charge in [0.15, 0.2) is 11.5 Å². The van der Waals surface area contributed by atoms with Crippen molar-refractivity contribution < 1.29 is 22.6 Å². The molecule has 0 amide bonds. The number of fused-ring (bicyclic) bond motifs is 3. The van der Waals surface area contributed by atoms with Crippen LogP contribution in [-0.2, 0) is 12.7 Å². The van der Waals surface area contributed by atoms with Crippen LogP contribution in [0.1, 0.15) is 42.3 Å². The molecule has 4 nitrogen and oxygen atoms in total. The zero-order valence-electron chi connectivity index (χ0n) is 17.2. The number of nitrogens with one attached hydrogen (secondary N) is 1. The molecule has 0 bridgehead atoms. The summed E-state index contributed by atoms with van der Waals surface area (Å²) >= 11 is 0. The second-order valence-electron chi connectivity index (χ2n) is 7.00. The quantitative estimate of drug-likeness (QED) is 0.523. The standard InChI is InChI=1S/C23H23F3N2O2.ClH/c1-3-29-20-12-15-14-27-22(16-8-5-6-9-17(16)23(24,25)26)18-10-7-11-28(18)19(15)13-21(20)30-4-2;/h5-13,22,27H,3-4,14H2,1-2H3;1H. The van der Waals surface area contributed by atoms with Gasteiger partial charge in [-0.15, -0.1) is 12.4 Å². The molecule has 0 fully saturated rings. The molecular weight excluding hydrogens is 429 g/mol. The number of ether oxygens (including phenoxy) is 2. The molecule has 0 saturated carbocycles. The van der Waals surface area contributed by atoms with E-state index in [1.807, 2.05) is 48.9 Å². The number of hydrogen-bond acceptors (Lipinski definition) is 3. The van der Waals surface area contributed by atoms with Crippen LogP contribution in [0.4, 0.5) is 13.2 Å². The Morgan fingerprint density at radius 3 is 2.35 bits per heavy atom. The number of alkyl halides is 3. The maximum atomic E-state index is 13.7. The Kier molecular flexibility index (Phi) is 6.86. The maximum absolute atomic E-state index is 13.7. The Balaban J connectivity index is 0.00000272. The summed E-state index contributed by atoms with van der Waals surface area (Å²) < 4.78 is 54.4. The molecule has 0 aliphatic carbocycles. The van der Waals surface area contributed by atoms with Gasteiger partial charge >= 0.3 is 6.18 Å². The Labute approximate surface area is 185 Å². The summed E-state index contributed by atoms with van der Waals surface area (Å²) in [6, 6.07) is 12.6. The van der Waals surface area contributed by atoms with Crippen LogP contribution in [0.2, 0.25) is 0 Å². The maximum Gasteiger partial charge on any atom is 0.416 e. The summed E-state index contributed by atoms with van der Waals surface area (Å²) in [5, 5.41) is 3.31. The first kappa shape index (κ1) is 23.0. The molecule has 2 aromatic carbocycles. The molecule has 1 atom stereocenters. The number of halogens is 4. The molecule has 1 unspecified atom stereocenters. The fourth-order valence-corrected chi connectivity index (χ4v) is 3.94. The third-order valence-corrected chi connectivity index (χ3v) is 5.15. The Bertz CT molecular complexity index is 1050. The van der Waals surface area contributed by atoms with E-state index in [1.165, 1.54) is 12.1 Å². The molecule has 1 aliphatic rings. The van der Waals surface area contributed by atoms with E-state index in [0.717, 1.165) is 23.0 Å². The van der Waals surface area contributed by atoms with E-state index in [-0.39, 0.29) is 18.0 Å². The highest BCUT2D eigenvalue weighted by Crippen LogP contribution is 2.40. The molecule has 0 radical (unpaired) electrons. The number of rotatable bonds is 5. The first-order valence-electron chi connectivity index (χ1n) is 9.93. The Morgan fingerprint density at radius 2 is 1.68 bits per heavy atom. The average Bonchev–Trinajstić information content (AvgIpc) is 3.14. The van der Waals surface area contributed by atoms with Crippen molar-refractivity contribution in [1.82, 2.24) is 9.88 Å². The van der Waals surface area contributed by atoms with Gasteiger partial charge in [-0.25, -0.2) is 0 Å². The van der Waals surface area contributed by atoms with Gasteiger partial charge in [-0.3, -0.25) is 0 Å². The first-order chi connectivity index (χ1) is 14.4. The highest BCUT2D eigenvalue weighted by molar-refractivity contribution is 5.85. The van der Waals surface area contributed by atoms with Gasteiger partial charge in [0.1, 0.15) is 0 Å². The SMILES string of the molecule is CCOc1cc2c(cc1OCC)-n1cccc1C(c1ccccc1C(F)(F)F)NC2.Cl. The van der Waals surface area contributed by atoms with Crippen molar-refractivity contribution in [1.29, 1.82) is 0 Å². The minimum Gasteiger partial charge on any atom is -0.490 e. The van der Waals surface area contributed by atoms with Crippen LogP contribution in [0.25, 0.3) is 5.69 Å². The van der Waals surface area contributed by atoms with Crippen LogP contribution >= 0.6 is 12.4 Å². The fourth-order valence-electron chi connectivity index (χ4n) is 3.94. The van der Waals surface area contributed by atoms with E-state index < -0.39 is 17.8 Å². The number of aromatic nitrogens is 1. The van der Waals surface area contributed by atoms with Crippen molar-refractivity contribution in [3.8, 4) is 17.2 Å². The second-order valence-corrected chi connectivity index (χ2v) is 7.00. The Hall–Kier alpha value is -2.64. The van der Waals surface area contributed by atoms with Crippen molar-refractivity contribution in [2.45, 2.75) is 32.6 Å². The van der Waals surface area contributed by atoms with Gasteiger partial charge in [-0.1, -0.05) is 18.2 Å². The average molecular weight is 453 g/mol. The van der Waals surface area contributed by atoms with Crippen LogP contribution in [0.15, 0.2) is 54.7 Å². The van der Waals surface area contributed by atoms with Gasteiger partial charge in [0, 0.05) is 24.5 Å². The van der Waals surface area contributed by atoms with Crippen molar-refractivity contribution in [2.24, 2.45) is 0 Å². The third kappa shape index (κ3) is 4.38. The lowest BCUT2D eigenvalue weighted by molar-refractivity contribution is -0.138. The van der Waals surface area contributed by atoms with Crippen molar-refractivity contribution in [3.63, 3.8) is 0 Å². The third-order valence-electron chi connectivity index (χ3n) is 5.15. The van der Waals surface area contributed by atoms with Gasteiger partial charge in [-0.05, 0) is 49.2 Å². The molecule has 3 aromatic rings. The minimum absolute atomic E-state index is 0. The predicted octanol–water partition coefficient (Wildman–Crippen LogP) is 5.91. The lowest BCUT2D eigenvalue weighted by Crippen LogP contribution is -2.24. The second kappa shape index (κ2) is 9.24. The van der Waals surface area contributed by atoms with Crippen LogP contribution in [0.5, 0.6) is 11.5 Å². The minimum atomic E-state index is -4.43. The molecule has 31 heavy (non-hydrogen) atoms. The summed E-state index contributed by atoms with van der Waals surface area (Å²) in [6.45, 7) is 5.15. The topological polar surface area (TPSA) is 35.4 Å². The van der Waals surface area contributed by atoms with Crippen molar-refractivity contribution in [2.75, 3.05) is 13.2 Å². The van der Waals surface area contributed by atoms with Gasteiger partial charge in [0.25, 0.3) is 0 Å². The molecular formula is C23H24ClF3N2O2. The van der Waals surface area contributed by atoms with E-state index in [0.29, 0.717) is 31.3 Å². The van der Waals surface area contributed by atoms with Crippen LogP contribution in [0.3, 0.4) is 0 Å². The molecule has 2 heterocycles. The molecule has 1 aliphatic heterocycles. The lowest BCUT2D eigenvalue weighted by Gasteiger charge is -2.22. The number of benzene rings is 2. The highest BCUT2D eigenvalue weighted by Gasteiger charge is 2.36. The summed E-state index contributed by atoms with van der Waals surface area (Å²) in [4.78, 5) is 0. The normalized spacial score (nSPS) is 15.3. The van der Waals surface area contributed by atoms with E-state index in [4.69, 9.17) is 9.47 Å². The molecule has 0 spiro atoms. The Morgan fingerprint density at radius 1 is 1.00 bits per heavy atom. The predicted molar refractivity (Wildman–Crippen MR) is 115 cm³/mol. The summed E-state index contributed by atoms with van der Waals surface area (Å²) in [5.74, 6) is 1.25. The van der Waals surface area contributed by atoms with Crippen LogP contribution < -0.4 is 14.8 Å². The van der Waals surface area contributed by atoms with E-state index >= 15 is 0 Å². The fraction of sp³-hybridized carbons (Fsp3) is 0.304. The lowest BCUT2D eigenvalue weighted by atomic mass is 9.97. The van der Waals surface area contributed by atoms with Gasteiger partial charge in [-0.2, -0.15) is 13.2 Å². The molecule has 166 valence electrons. The van der Waals surface area contributed by atoms with Gasteiger partial charge in [0.05, 0.1) is 30.5 Å². The molecule has 1 N–H and O–H groups in total. The van der Waals surface area contributed by atoms with Gasteiger partial charge in [0.2, 0.25) is 0 Å². The van der Waals surface area contributed by atoms with Crippen molar-refractivity contribution in [3.05, 3.63) is 77.1 Å². The van der Waals surface area contributed by atoms with Crippen LogP contribution in [-0.4, -0.2) is 17.8 Å².